The summed E-state index contributed by atoms with van der Waals surface area (Å²) in [6, 6.07) is 8.06. The number of aryl methyl sites for hydroxylation is 2. The van der Waals surface area contributed by atoms with Crippen LogP contribution in [-0.2, 0) is 17.0 Å². The predicted octanol–water partition coefficient (Wildman–Crippen LogP) is 3.67. The summed E-state index contributed by atoms with van der Waals surface area (Å²) in [6.45, 7) is 7.99. The second-order valence-electron chi connectivity index (χ2n) is 7.62. The Balaban J connectivity index is 1.44. The molecule has 4 aromatic rings. The molecule has 31 heavy (non-hydrogen) atoms. The smallest absolute Gasteiger partial charge is 0.259 e. The molecule has 9 heteroatoms. The van der Waals surface area contributed by atoms with Crippen LogP contribution in [-0.4, -0.2) is 51.1 Å². The van der Waals surface area contributed by atoms with Gasteiger partial charge >= 0.3 is 0 Å². The van der Waals surface area contributed by atoms with E-state index in [9.17, 15) is 4.79 Å². The summed E-state index contributed by atoms with van der Waals surface area (Å²) in [5, 5.41) is 2.64. The average Bonchev–Trinajstić information content (AvgIpc) is 3.06. The number of nitrogens with one attached hydrogen (secondary N) is 1. The molecule has 0 saturated carbocycles. The lowest BCUT2D eigenvalue weighted by atomic mass is 10.2. The highest BCUT2D eigenvalue weighted by Crippen LogP contribution is 2.29. The Morgan fingerprint density at radius 3 is 2.81 bits per heavy atom. The summed E-state index contributed by atoms with van der Waals surface area (Å²) < 4.78 is 5.45. The predicted molar refractivity (Wildman–Crippen MR) is 125 cm³/mol. The number of aromatic nitrogens is 4. The van der Waals surface area contributed by atoms with Crippen molar-refractivity contribution >= 4 is 44.2 Å². The summed E-state index contributed by atoms with van der Waals surface area (Å²) in [7, 11) is 0. The van der Waals surface area contributed by atoms with Crippen LogP contribution in [0.1, 0.15) is 22.1 Å². The highest BCUT2D eigenvalue weighted by molar-refractivity contribution is 7.98. The molecule has 1 N–H and O–H groups in total. The molecule has 0 aliphatic carbocycles. The summed E-state index contributed by atoms with van der Waals surface area (Å²) in [5.41, 5.74) is 1.88. The van der Waals surface area contributed by atoms with Crippen molar-refractivity contribution in [2.75, 3.05) is 26.3 Å². The van der Waals surface area contributed by atoms with Gasteiger partial charge in [-0.1, -0.05) is 30.0 Å². The van der Waals surface area contributed by atoms with Crippen LogP contribution < -0.4 is 5.56 Å². The minimum absolute atomic E-state index is 0.0667. The molecule has 7 nitrogen and oxygen atoms in total. The van der Waals surface area contributed by atoms with Gasteiger partial charge in [-0.2, -0.15) is 0 Å². The van der Waals surface area contributed by atoms with E-state index in [0.29, 0.717) is 23.5 Å². The van der Waals surface area contributed by atoms with Crippen molar-refractivity contribution in [3.8, 4) is 0 Å². The molecule has 5 rings (SSSR count). The maximum absolute atomic E-state index is 12.6. The van der Waals surface area contributed by atoms with Crippen molar-refractivity contribution in [1.82, 2.24) is 24.8 Å². The molecule has 1 saturated heterocycles. The van der Waals surface area contributed by atoms with E-state index in [1.165, 1.54) is 0 Å². The highest BCUT2D eigenvalue weighted by Gasteiger charge is 2.16. The summed E-state index contributed by atoms with van der Waals surface area (Å²) >= 11 is 3.16. The zero-order valence-corrected chi connectivity index (χ0v) is 19.1. The lowest BCUT2D eigenvalue weighted by Crippen LogP contribution is -2.36. The maximum atomic E-state index is 12.6. The molecule has 1 fully saturated rings. The van der Waals surface area contributed by atoms with Crippen LogP contribution in [0.15, 0.2) is 34.1 Å². The first kappa shape index (κ1) is 20.6. The van der Waals surface area contributed by atoms with E-state index in [0.717, 1.165) is 63.3 Å². The van der Waals surface area contributed by atoms with Crippen molar-refractivity contribution in [1.29, 1.82) is 0 Å². The largest absolute Gasteiger partial charge is 0.379 e. The minimum Gasteiger partial charge on any atom is -0.379 e. The third-order valence-electron chi connectivity index (χ3n) is 5.52. The van der Waals surface area contributed by atoms with E-state index in [1.54, 1.807) is 23.1 Å². The normalized spacial score (nSPS) is 15.2. The minimum atomic E-state index is -0.0667. The Bertz CT molecular complexity index is 1310. The van der Waals surface area contributed by atoms with Gasteiger partial charge in [0.05, 0.1) is 36.4 Å². The number of thioether (sulfide) groups is 1. The monoisotopic (exact) mass is 453 g/mol. The SMILES string of the molecule is Cc1sc2nc(CSc3nc(CN4CCOCC4)nc4ccccc34)[nH]c(=O)c2c1C. The van der Waals surface area contributed by atoms with E-state index >= 15 is 0 Å². The van der Waals surface area contributed by atoms with Crippen molar-refractivity contribution < 1.29 is 4.74 Å². The molecule has 3 aromatic heterocycles. The van der Waals surface area contributed by atoms with E-state index in [2.05, 4.69) is 9.88 Å². The zero-order chi connectivity index (χ0) is 21.4. The third kappa shape index (κ3) is 4.23. The number of morpholine rings is 1. The number of benzene rings is 1. The van der Waals surface area contributed by atoms with Gasteiger partial charge in [0.15, 0.2) is 0 Å². The molecular formula is C22H23N5O2S2. The lowest BCUT2D eigenvalue weighted by molar-refractivity contribution is 0.0330. The Morgan fingerprint density at radius 2 is 1.97 bits per heavy atom. The van der Waals surface area contributed by atoms with E-state index in [1.807, 2.05) is 38.1 Å². The van der Waals surface area contributed by atoms with Crippen LogP contribution in [0.25, 0.3) is 21.1 Å². The molecule has 0 bridgehead atoms. The highest BCUT2D eigenvalue weighted by atomic mass is 32.2. The van der Waals surface area contributed by atoms with E-state index in [-0.39, 0.29) is 5.56 Å². The number of H-pyrrole nitrogens is 1. The summed E-state index contributed by atoms with van der Waals surface area (Å²) in [4.78, 5) is 34.1. The molecule has 0 radical (unpaired) electrons. The van der Waals surface area contributed by atoms with Crippen molar-refractivity contribution in [2.24, 2.45) is 0 Å². The number of hydrogen-bond acceptors (Lipinski definition) is 8. The number of hydrogen-bond donors (Lipinski definition) is 1. The van der Waals surface area contributed by atoms with Crippen LogP contribution in [0.2, 0.25) is 0 Å². The van der Waals surface area contributed by atoms with Crippen molar-refractivity contribution in [2.45, 2.75) is 31.2 Å². The molecule has 1 aliphatic rings. The topological polar surface area (TPSA) is 84.0 Å². The van der Waals surface area contributed by atoms with Gasteiger partial charge in [0.25, 0.3) is 5.56 Å². The first-order chi connectivity index (χ1) is 15.1. The standard InChI is InChI=1S/C22H23N5O2S2/c1-13-14(2)31-22-19(13)20(28)24-18(26-22)12-30-21-15-5-3-4-6-16(15)23-17(25-21)11-27-7-9-29-10-8-27/h3-6H,7-12H2,1-2H3,(H,24,26,28). The van der Waals surface area contributed by atoms with Crippen molar-refractivity contribution in [3.05, 3.63) is 56.7 Å². The van der Waals surface area contributed by atoms with Crippen LogP contribution in [0.3, 0.4) is 0 Å². The molecule has 0 spiro atoms. The molecule has 1 aliphatic heterocycles. The number of nitrogens with zero attached hydrogens (tertiary/aromatic N) is 4. The van der Waals surface area contributed by atoms with Gasteiger partial charge in [0.1, 0.15) is 21.5 Å². The van der Waals surface area contributed by atoms with Crippen LogP contribution in [0.4, 0.5) is 0 Å². The molecule has 4 heterocycles. The van der Waals surface area contributed by atoms with Gasteiger partial charge in [0.2, 0.25) is 0 Å². The molecule has 0 atom stereocenters. The van der Waals surface area contributed by atoms with Gasteiger partial charge in [-0.15, -0.1) is 11.3 Å². The molecule has 0 unspecified atom stereocenters. The van der Waals surface area contributed by atoms with Crippen LogP contribution >= 0.6 is 23.1 Å². The Morgan fingerprint density at radius 1 is 1.16 bits per heavy atom. The zero-order valence-electron chi connectivity index (χ0n) is 17.5. The lowest BCUT2D eigenvalue weighted by Gasteiger charge is -2.25. The molecule has 160 valence electrons. The first-order valence-corrected chi connectivity index (χ1v) is 12.1. The van der Waals surface area contributed by atoms with Crippen LogP contribution in [0.5, 0.6) is 0 Å². The number of ether oxygens (including phenoxy) is 1. The average molecular weight is 454 g/mol. The second-order valence-corrected chi connectivity index (χ2v) is 9.78. The Hall–Kier alpha value is -2.33. The van der Waals surface area contributed by atoms with Crippen LogP contribution in [0, 0.1) is 13.8 Å². The second kappa shape index (κ2) is 8.66. The molecule has 1 aromatic carbocycles. The Labute approximate surface area is 187 Å². The van der Waals surface area contributed by atoms with E-state index in [4.69, 9.17) is 19.7 Å². The molecular weight excluding hydrogens is 430 g/mol. The Kier molecular flexibility index (Phi) is 5.75. The quantitative estimate of drug-likeness (QED) is 0.365. The van der Waals surface area contributed by atoms with Gasteiger partial charge in [-0.3, -0.25) is 9.69 Å². The van der Waals surface area contributed by atoms with E-state index < -0.39 is 0 Å². The fourth-order valence-electron chi connectivity index (χ4n) is 3.74. The summed E-state index contributed by atoms with van der Waals surface area (Å²) in [5.74, 6) is 2.02. The number of para-hydroxylation sites is 1. The summed E-state index contributed by atoms with van der Waals surface area (Å²) in [6.07, 6.45) is 0. The fraction of sp³-hybridized carbons (Fsp3) is 0.364. The number of thiophene rings is 1. The first-order valence-electron chi connectivity index (χ1n) is 10.3. The molecule has 0 amide bonds. The van der Waals surface area contributed by atoms with Crippen molar-refractivity contribution in [3.63, 3.8) is 0 Å². The number of fused-ring (bicyclic) bond motifs is 2. The third-order valence-corrected chi connectivity index (χ3v) is 7.62. The fourth-order valence-corrected chi connectivity index (χ4v) is 5.69. The van der Waals surface area contributed by atoms with Gasteiger partial charge in [-0.25, -0.2) is 15.0 Å². The van der Waals surface area contributed by atoms with Gasteiger partial charge in [-0.05, 0) is 25.5 Å². The van der Waals surface area contributed by atoms with Gasteiger partial charge < -0.3 is 9.72 Å². The van der Waals surface area contributed by atoms with Gasteiger partial charge in [0, 0.05) is 23.4 Å². The number of rotatable bonds is 5. The number of aromatic amines is 1. The maximum Gasteiger partial charge on any atom is 0.259 e.